The summed E-state index contributed by atoms with van der Waals surface area (Å²) < 4.78 is 16.8. The summed E-state index contributed by atoms with van der Waals surface area (Å²) in [6.07, 6.45) is -0.651. The number of aromatic nitrogens is 2. The first kappa shape index (κ1) is 21.5. The second kappa shape index (κ2) is 7.76. The summed E-state index contributed by atoms with van der Waals surface area (Å²) in [5.74, 6) is -0.929. The Morgan fingerprint density at radius 2 is 1.50 bits per heavy atom. The molecule has 0 unspecified atom stereocenters. The van der Waals surface area contributed by atoms with Gasteiger partial charge in [0.05, 0.1) is 6.61 Å². The molecule has 0 fully saturated rings. The molecule has 0 spiro atoms. The highest BCUT2D eigenvalue weighted by molar-refractivity contribution is 6.12. The van der Waals surface area contributed by atoms with Crippen molar-refractivity contribution < 1.29 is 28.6 Å². The van der Waals surface area contributed by atoms with Gasteiger partial charge in [0.2, 0.25) is 0 Å². The number of aryl methyl sites for hydroxylation is 1. The maximum absolute atomic E-state index is 12.6. The highest BCUT2D eigenvalue weighted by Crippen LogP contribution is 2.24. The summed E-state index contributed by atoms with van der Waals surface area (Å²) in [4.78, 5) is 38.1. The molecule has 0 aromatic carbocycles. The number of nitrogens with zero attached hydrogens (tertiary/aromatic N) is 3. The number of imide groups is 1. The van der Waals surface area contributed by atoms with Gasteiger partial charge >= 0.3 is 18.2 Å². The van der Waals surface area contributed by atoms with Crippen LogP contribution in [-0.4, -0.2) is 45.7 Å². The van der Waals surface area contributed by atoms with Crippen molar-refractivity contribution in [3.05, 3.63) is 11.8 Å². The average molecular weight is 369 g/mol. The third-order valence-corrected chi connectivity index (χ3v) is 2.67. The second-order valence-corrected chi connectivity index (χ2v) is 7.56. The van der Waals surface area contributed by atoms with E-state index in [0.717, 1.165) is 0 Å². The maximum atomic E-state index is 12.6. The van der Waals surface area contributed by atoms with Crippen molar-refractivity contribution in [2.75, 3.05) is 11.5 Å². The molecular formula is C17H27N3O6. The van der Waals surface area contributed by atoms with E-state index in [1.807, 2.05) is 0 Å². The number of hydrogen-bond donors (Lipinski definition) is 0. The lowest BCUT2D eigenvalue weighted by molar-refractivity contribution is 0.0428. The lowest BCUT2D eigenvalue weighted by atomic mass is 10.2. The Morgan fingerprint density at radius 1 is 1.04 bits per heavy atom. The van der Waals surface area contributed by atoms with Crippen molar-refractivity contribution in [1.82, 2.24) is 9.78 Å². The molecule has 1 aromatic rings. The van der Waals surface area contributed by atoms with E-state index in [-0.39, 0.29) is 18.0 Å². The minimum absolute atomic E-state index is 0.0499. The summed E-state index contributed by atoms with van der Waals surface area (Å²) in [5, 5.41) is 4.06. The highest BCUT2D eigenvalue weighted by atomic mass is 16.6. The lowest BCUT2D eigenvalue weighted by Crippen LogP contribution is -2.44. The van der Waals surface area contributed by atoms with Crippen molar-refractivity contribution >= 4 is 24.0 Å². The molecule has 9 heteroatoms. The number of amides is 2. The van der Waals surface area contributed by atoms with Crippen LogP contribution in [0.3, 0.4) is 0 Å². The van der Waals surface area contributed by atoms with Gasteiger partial charge in [-0.25, -0.2) is 14.4 Å². The molecule has 0 aliphatic rings. The Morgan fingerprint density at radius 3 is 1.88 bits per heavy atom. The molecule has 1 aromatic heterocycles. The SMILES string of the molecule is CCOC(=O)c1cn(C)nc1N(C(=O)OC(C)(C)C)C(=O)OC(C)(C)C. The van der Waals surface area contributed by atoms with E-state index in [1.54, 1.807) is 55.5 Å². The highest BCUT2D eigenvalue weighted by Gasteiger charge is 2.37. The number of rotatable bonds is 3. The van der Waals surface area contributed by atoms with Crippen molar-refractivity contribution in [1.29, 1.82) is 0 Å². The molecule has 0 aliphatic carbocycles. The van der Waals surface area contributed by atoms with Crippen LogP contribution in [0.4, 0.5) is 15.4 Å². The van der Waals surface area contributed by atoms with Gasteiger partial charge in [-0.2, -0.15) is 10.00 Å². The van der Waals surface area contributed by atoms with Crippen LogP contribution in [-0.2, 0) is 21.3 Å². The van der Waals surface area contributed by atoms with Crippen molar-refractivity contribution in [3.8, 4) is 0 Å². The molecule has 1 heterocycles. The zero-order valence-electron chi connectivity index (χ0n) is 16.6. The Balaban J connectivity index is 3.39. The summed E-state index contributed by atoms with van der Waals surface area (Å²) in [5.41, 5.74) is -1.78. The standard InChI is InChI=1S/C17H27N3O6/c1-9-24-13(21)11-10-19(8)18-12(11)20(14(22)25-16(2,3)4)15(23)26-17(5,6)7/h10H,9H2,1-8H3. The van der Waals surface area contributed by atoms with Gasteiger partial charge in [0.15, 0.2) is 5.82 Å². The molecule has 146 valence electrons. The van der Waals surface area contributed by atoms with Crippen molar-refractivity contribution in [2.24, 2.45) is 7.05 Å². The number of anilines is 1. The first-order valence-electron chi connectivity index (χ1n) is 8.22. The molecule has 1 rings (SSSR count). The number of esters is 1. The Bertz CT molecular complexity index is 654. The van der Waals surface area contributed by atoms with Crippen LogP contribution >= 0.6 is 0 Å². The Kier molecular flexibility index (Phi) is 6.40. The van der Waals surface area contributed by atoms with Gasteiger partial charge in [0.25, 0.3) is 0 Å². The van der Waals surface area contributed by atoms with Gasteiger partial charge in [-0.3, -0.25) is 4.68 Å². The fraction of sp³-hybridized carbons (Fsp3) is 0.647. The fourth-order valence-corrected chi connectivity index (χ4v) is 1.86. The monoisotopic (exact) mass is 369 g/mol. The van der Waals surface area contributed by atoms with Gasteiger partial charge in [0.1, 0.15) is 16.8 Å². The van der Waals surface area contributed by atoms with Gasteiger partial charge in [-0.15, -0.1) is 0 Å². The molecule has 0 saturated heterocycles. The summed E-state index contributed by atoms with van der Waals surface area (Å²) in [7, 11) is 1.55. The van der Waals surface area contributed by atoms with Crippen LogP contribution in [0.5, 0.6) is 0 Å². The van der Waals surface area contributed by atoms with Crippen LogP contribution in [0.25, 0.3) is 0 Å². The van der Waals surface area contributed by atoms with Crippen LogP contribution in [0.15, 0.2) is 6.20 Å². The molecule has 0 bridgehead atoms. The Labute approximate surface area is 153 Å². The predicted octanol–water partition coefficient (Wildman–Crippen LogP) is 3.27. The molecular weight excluding hydrogens is 342 g/mol. The van der Waals surface area contributed by atoms with E-state index in [1.165, 1.54) is 10.9 Å². The van der Waals surface area contributed by atoms with Gasteiger partial charge in [0, 0.05) is 13.2 Å². The zero-order chi connectivity index (χ0) is 20.3. The molecule has 0 radical (unpaired) electrons. The average Bonchev–Trinajstić information content (AvgIpc) is 2.76. The van der Waals surface area contributed by atoms with E-state index in [4.69, 9.17) is 14.2 Å². The topological polar surface area (TPSA) is 100.0 Å². The summed E-state index contributed by atoms with van der Waals surface area (Å²) >= 11 is 0. The van der Waals surface area contributed by atoms with Crippen molar-refractivity contribution in [3.63, 3.8) is 0 Å². The quantitative estimate of drug-likeness (QED) is 0.595. The first-order chi connectivity index (χ1) is 11.7. The van der Waals surface area contributed by atoms with E-state index in [2.05, 4.69) is 5.10 Å². The number of carbonyl (C=O) groups is 3. The van der Waals surface area contributed by atoms with Crippen LogP contribution in [0.2, 0.25) is 0 Å². The third kappa shape index (κ3) is 6.05. The normalized spacial score (nSPS) is 11.7. The largest absolute Gasteiger partial charge is 0.462 e. The summed E-state index contributed by atoms with van der Waals surface area (Å²) in [6, 6.07) is 0. The molecule has 2 amide bonds. The summed E-state index contributed by atoms with van der Waals surface area (Å²) in [6.45, 7) is 11.7. The molecule has 26 heavy (non-hydrogen) atoms. The molecule has 0 saturated carbocycles. The third-order valence-electron chi connectivity index (χ3n) is 2.67. The molecule has 9 nitrogen and oxygen atoms in total. The lowest BCUT2D eigenvalue weighted by Gasteiger charge is -2.27. The molecule has 0 aliphatic heterocycles. The van der Waals surface area contributed by atoms with Crippen LogP contribution in [0.1, 0.15) is 58.8 Å². The zero-order valence-corrected chi connectivity index (χ0v) is 16.6. The fourth-order valence-electron chi connectivity index (χ4n) is 1.86. The first-order valence-corrected chi connectivity index (χ1v) is 8.22. The minimum Gasteiger partial charge on any atom is -0.462 e. The van der Waals surface area contributed by atoms with Crippen LogP contribution in [0, 0.1) is 0 Å². The van der Waals surface area contributed by atoms with Gasteiger partial charge < -0.3 is 14.2 Å². The molecule has 0 N–H and O–H groups in total. The van der Waals surface area contributed by atoms with Crippen LogP contribution < -0.4 is 4.90 Å². The smallest absolute Gasteiger partial charge is 0.425 e. The van der Waals surface area contributed by atoms with E-state index in [0.29, 0.717) is 4.90 Å². The predicted molar refractivity (Wildman–Crippen MR) is 94.1 cm³/mol. The van der Waals surface area contributed by atoms with Crippen molar-refractivity contribution in [2.45, 2.75) is 59.7 Å². The van der Waals surface area contributed by atoms with E-state index in [9.17, 15) is 14.4 Å². The second-order valence-electron chi connectivity index (χ2n) is 7.56. The van der Waals surface area contributed by atoms with Gasteiger partial charge in [-0.05, 0) is 48.5 Å². The van der Waals surface area contributed by atoms with Gasteiger partial charge in [-0.1, -0.05) is 0 Å². The van der Waals surface area contributed by atoms with E-state index < -0.39 is 29.4 Å². The molecule has 0 atom stereocenters. The number of ether oxygens (including phenoxy) is 3. The number of carbonyl (C=O) groups excluding carboxylic acids is 3. The van der Waals surface area contributed by atoms with E-state index >= 15 is 0 Å². The Hall–Kier alpha value is -2.58. The maximum Gasteiger partial charge on any atom is 0.425 e. The number of hydrogen-bond acceptors (Lipinski definition) is 7. The minimum atomic E-state index is -1.00.